The van der Waals surface area contributed by atoms with Crippen LogP contribution >= 0.6 is 0 Å². The average Bonchev–Trinajstić information content (AvgIpc) is 2.94. The van der Waals surface area contributed by atoms with E-state index in [0.717, 1.165) is 5.56 Å². The maximum Gasteiger partial charge on any atom is 0.319 e. The van der Waals surface area contributed by atoms with Crippen molar-refractivity contribution in [3.63, 3.8) is 0 Å². The number of ether oxygens (including phenoxy) is 1. The minimum absolute atomic E-state index is 0.212. The Labute approximate surface area is 123 Å². The van der Waals surface area contributed by atoms with Gasteiger partial charge in [-0.25, -0.2) is 0 Å². The topological polar surface area (TPSA) is 68.5 Å². The van der Waals surface area contributed by atoms with Gasteiger partial charge < -0.3 is 9.26 Å². The molecule has 0 atom stereocenters. The van der Waals surface area contributed by atoms with Crippen molar-refractivity contribution in [2.24, 2.45) is 0 Å². The Hall–Kier alpha value is -2.21. The van der Waals surface area contributed by atoms with Gasteiger partial charge in [-0.05, 0) is 12.1 Å². The van der Waals surface area contributed by atoms with Crippen molar-refractivity contribution in [1.82, 2.24) is 15.0 Å². The zero-order valence-corrected chi connectivity index (χ0v) is 12.3. The number of hydrogen-bond donors (Lipinski definition) is 0. The Bertz CT molecular complexity index is 569. The van der Waals surface area contributed by atoms with Crippen LogP contribution in [0, 0.1) is 0 Å². The van der Waals surface area contributed by atoms with Crippen LogP contribution in [0.1, 0.15) is 24.2 Å². The third-order valence-electron chi connectivity index (χ3n) is 3.10. The Morgan fingerprint density at radius 1 is 1.33 bits per heavy atom. The van der Waals surface area contributed by atoms with Gasteiger partial charge in [-0.15, -0.1) is 0 Å². The van der Waals surface area contributed by atoms with E-state index in [1.54, 1.807) is 0 Å². The van der Waals surface area contributed by atoms with Gasteiger partial charge in [0.05, 0.1) is 20.2 Å². The Morgan fingerprint density at radius 2 is 2.10 bits per heavy atom. The van der Waals surface area contributed by atoms with Gasteiger partial charge in [0.15, 0.2) is 5.82 Å². The molecule has 0 saturated carbocycles. The number of likely N-dealkylation sites (N-methyl/N-ethyl adjacent to an activating group) is 1. The van der Waals surface area contributed by atoms with E-state index in [1.165, 1.54) is 7.11 Å². The van der Waals surface area contributed by atoms with Gasteiger partial charge in [0, 0.05) is 6.42 Å². The first kappa shape index (κ1) is 15.2. The van der Waals surface area contributed by atoms with E-state index >= 15 is 0 Å². The SMILES string of the molecule is CCN(CC(=O)OC)Cc1nc(Cc2ccccc2)no1. The number of carbonyl (C=O) groups excluding carboxylic acids is 1. The van der Waals surface area contributed by atoms with Crippen LogP contribution in [0.25, 0.3) is 0 Å². The van der Waals surface area contributed by atoms with E-state index in [2.05, 4.69) is 14.9 Å². The van der Waals surface area contributed by atoms with Crippen LogP contribution in [-0.4, -0.2) is 41.2 Å². The number of esters is 1. The summed E-state index contributed by atoms with van der Waals surface area (Å²) in [4.78, 5) is 17.5. The molecule has 0 spiro atoms. The summed E-state index contributed by atoms with van der Waals surface area (Å²) in [5.74, 6) is 0.873. The normalized spacial score (nSPS) is 10.8. The second-order valence-electron chi connectivity index (χ2n) is 4.65. The van der Waals surface area contributed by atoms with Crippen molar-refractivity contribution >= 4 is 5.97 Å². The first-order valence-electron chi connectivity index (χ1n) is 6.85. The first-order valence-corrected chi connectivity index (χ1v) is 6.85. The molecule has 6 heteroatoms. The summed E-state index contributed by atoms with van der Waals surface area (Å²) in [5, 5.41) is 3.97. The molecule has 2 aromatic rings. The lowest BCUT2D eigenvalue weighted by Gasteiger charge is -2.15. The van der Waals surface area contributed by atoms with Crippen LogP contribution in [0.15, 0.2) is 34.9 Å². The predicted octanol–water partition coefficient (Wildman–Crippen LogP) is 1.66. The Kier molecular flexibility index (Phi) is 5.45. The predicted molar refractivity (Wildman–Crippen MR) is 76.5 cm³/mol. The number of hydrogen-bond acceptors (Lipinski definition) is 6. The quantitative estimate of drug-likeness (QED) is 0.722. The highest BCUT2D eigenvalue weighted by Crippen LogP contribution is 2.08. The number of benzene rings is 1. The summed E-state index contributed by atoms with van der Waals surface area (Å²) >= 11 is 0. The highest BCUT2D eigenvalue weighted by atomic mass is 16.5. The molecule has 0 N–H and O–H groups in total. The van der Waals surface area contributed by atoms with Crippen molar-refractivity contribution in [2.45, 2.75) is 19.9 Å². The summed E-state index contributed by atoms with van der Waals surface area (Å²) < 4.78 is 9.89. The molecule has 21 heavy (non-hydrogen) atoms. The van der Waals surface area contributed by atoms with E-state index < -0.39 is 0 Å². The van der Waals surface area contributed by atoms with Gasteiger partial charge in [0.25, 0.3) is 0 Å². The highest BCUT2D eigenvalue weighted by Gasteiger charge is 2.14. The first-order chi connectivity index (χ1) is 10.2. The van der Waals surface area contributed by atoms with Gasteiger partial charge in [0.1, 0.15) is 0 Å². The van der Waals surface area contributed by atoms with Crippen molar-refractivity contribution in [2.75, 3.05) is 20.2 Å². The number of carbonyl (C=O) groups is 1. The molecule has 112 valence electrons. The molecule has 6 nitrogen and oxygen atoms in total. The van der Waals surface area contributed by atoms with Crippen LogP contribution in [0.2, 0.25) is 0 Å². The molecule has 2 rings (SSSR count). The van der Waals surface area contributed by atoms with Crippen molar-refractivity contribution in [3.05, 3.63) is 47.6 Å². The molecule has 1 heterocycles. The molecular weight excluding hydrogens is 270 g/mol. The summed E-state index contributed by atoms with van der Waals surface area (Å²) in [6.07, 6.45) is 0.632. The lowest BCUT2D eigenvalue weighted by Crippen LogP contribution is -2.30. The zero-order valence-electron chi connectivity index (χ0n) is 12.3. The van der Waals surface area contributed by atoms with Gasteiger partial charge in [-0.3, -0.25) is 9.69 Å². The summed E-state index contributed by atoms with van der Waals surface area (Å²) in [6.45, 7) is 3.31. The van der Waals surface area contributed by atoms with E-state index in [9.17, 15) is 4.79 Å². The number of nitrogens with zero attached hydrogens (tertiary/aromatic N) is 3. The number of aromatic nitrogens is 2. The monoisotopic (exact) mass is 289 g/mol. The minimum Gasteiger partial charge on any atom is -0.468 e. The van der Waals surface area contributed by atoms with E-state index in [4.69, 9.17) is 4.52 Å². The third kappa shape index (κ3) is 4.68. The van der Waals surface area contributed by atoms with Gasteiger partial charge >= 0.3 is 5.97 Å². The van der Waals surface area contributed by atoms with Crippen molar-refractivity contribution in [3.8, 4) is 0 Å². The molecule has 0 aliphatic rings. The highest BCUT2D eigenvalue weighted by molar-refractivity contribution is 5.71. The second kappa shape index (κ2) is 7.54. The third-order valence-corrected chi connectivity index (χ3v) is 3.10. The summed E-state index contributed by atoms with van der Waals surface area (Å²) in [6, 6.07) is 9.96. The van der Waals surface area contributed by atoms with Gasteiger partial charge in [-0.2, -0.15) is 4.98 Å². The fourth-order valence-corrected chi connectivity index (χ4v) is 1.92. The molecule has 1 aromatic carbocycles. The van der Waals surface area contributed by atoms with Gasteiger partial charge in [0.2, 0.25) is 5.89 Å². The maximum atomic E-state index is 11.3. The summed E-state index contributed by atoms with van der Waals surface area (Å²) in [5.41, 5.74) is 1.13. The maximum absolute atomic E-state index is 11.3. The van der Waals surface area contributed by atoms with Crippen molar-refractivity contribution in [1.29, 1.82) is 0 Å². The standard InChI is InChI=1S/C15H19N3O3/c1-3-18(11-15(19)20-2)10-14-16-13(17-21-14)9-12-7-5-4-6-8-12/h4-8H,3,9-11H2,1-2H3. The molecule has 0 radical (unpaired) electrons. The fourth-order valence-electron chi connectivity index (χ4n) is 1.92. The minimum atomic E-state index is -0.277. The fraction of sp³-hybridized carbons (Fsp3) is 0.400. The largest absolute Gasteiger partial charge is 0.468 e. The molecule has 0 unspecified atom stereocenters. The molecule has 0 amide bonds. The molecular formula is C15H19N3O3. The molecule has 0 fully saturated rings. The van der Waals surface area contributed by atoms with Crippen LogP contribution in [0.5, 0.6) is 0 Å². The second-order valence-corrected chi connectivity index (χ2v) is 4.65. The molecule has 0 aliphatic heterocycles. The van der Waals surface area contributed by atoms with Crippen molar-refractivity contribution < 1.29 is 14.1 Å². The molecule has 0 bridgehead atoms. The average molecular weight is 289 g/mol. The van der Waals surface area contributed by atoms with Crippen LogP contribution in [0.4, 0.5) is 0 Å². The van der Waals surface area contributed by atoms with E-state index in [-0.39, 0.29) is 12.5 Å². The Morgan fingerprint density at radius 3 is 2.76 bits per heavy atom. The Balaban J connectivity index is 1.94. The lowest BCUT2D eigenvalue weighted by atomic mass is 10.1. The summed E-state index contributed by atoms with van der Waals surface area (Å²) in [7, 11) is 1.38. The number of methoxy groups -OCH3 is 1. The zero-order chi connectivity index (χ0) is 15.1. The number of rotatable bonds is 7. The lowest BCUT2D eigenvalue weighted by molar-refractivity contribution is -0.142. The van der Waals surface area contributed by atoms with E-state index in [0.29, 0.717) is 31.2 Å². The van der Waals surface area contributed by atoms with Crippen LogP contribution in [-0.2, 0) is 22.5 Å². The molecule has 0 aliphatic carbocycles. The molecule has 1 aromatic heterocycles. The van der Waals surface area contributed by atoms with Gasteiger partial charge in [-0.1, -0.05) is 42.4 Å². The molecule has 0 saturated heterocycles. The van der Waals surface area contributed by atoms with Crippen LogP contribution < -0.4 is 0 Å². The smallest absolute Gasteiger partial charge is 0.319 e. The van der Waals surface area contributed by atoms with E-state index in [1.807, 2.05) is 42.2 Å². The van der Waals surface area contributed by atoms with Crippen LogP contribution in [0.3, 0.4) is 0 Å².